The van der Waals surface area contributed by atoms with Crippen molar-refractivity contribution in [3.63, 3.8) is 0 Å². The first kappa shape index (κ1) is 14.4. The number of aromatic amines is 1. The first-order valence-corrected chi connectivity index (χ1v) is 7.50. The minimum absolute atomic E-state index is 0.493. The number of aromatic nitrogens is 4. The summed E-state index contributed by atoms with van der Waals surface area (Å²) in [6.07, 6.45) is 2.21. The smallest absolute Gasteiger partial charge is 0.195 e. The highest BCUT2D eigenvalue weighted by Crippen LogP contribution is 2.29. The van der Waals surface area contributed by atoms with Crippen LogP contribution < -0.4 is 0 Å². The third kappa shape index (κ3) is 3.10. The van der Waals surface area contributed by atoms with Gasteiger partial charge in [-0.3, -0.25) is 9.67 Å². The van der Waals surface area contributed by atoms with Crippen molar-refractivity contribution < 1.29 is 4.74 Å². The van der Waals surface area contributed by atoms with Crippen LogP contribution in [0.25, 0.3) is 10.7 Å². The number of hydrogen-bond acceptors (Lipinski definition) is 5. The van der Waals surface area contributed by atoms with Gasteiger partial charge in [0.1, 0.15) is 0 Å². The molecule has 2 aromatic heterocycles. The number of unbranched alkanes of at least 4 members (excludes halogenated alkanes) is 1. The van der Waals surface area contributed by atoms with Crippen molar-refractivity contribution >= 4 is 23.6 Å². The molecule has 0 aliphatic carbocycles. The molecule has 104 valence electrons. The largest absolute Gasteiger partial charge is 0.378 e. The molecule has 2 rings (SSSR count). The zero-order chi connectivity index (χ0) is 13.8. The van der Waals surface area contributed by atoms with Crippen LogP contribution >= 0.6 is 23.6 Å². The molecule has 0 fully saturated rings. The average molecular weight is 298 g/mol. The van der Waals surface area contributed by atoms with E-state index >= 15 is 0 Å². The standard InChI is InChI=1S/C12H18N4OS2/c1-4-5-6-16-11(14-15-12(16)18)10-9(7-17-3)13-8(2)19-10/h4-7H2,1-3H3,(H,15,18). The molecule has 0 amide bonds. The van der Waals surface area contributed by atoms with E-state index in [9.17, 15) is 0 Å². The molecule has 7 heteroatoms. The van der Waals surface area contributed by atoms with Crippen LogP contribution in [-0.2, 0) is 17.9 Å². The monoisotopic (exact) mass is 298 g/mol. The minimum atomic E-state index is 0.493. The van der Waals surface area contributed by atoms with Crippen LogP contribution in [0.3, 0.4) is 0 Å². The summed E-state index contributed by atoms with van der Waals surface area (Å²) in [5, 5.41) is 8.24. The van der Waals surface area contributed by atoms with E-state index in [0.29, 0.717) is 11.4 Å². The fourth-order valence-electron chi connectivity index (χ4n) is 1.89. The van der Waals surface area contributed by atoms with Gasteiger partial charge in [0.15, 0.2) is 10.6 Å². The molecule has 19 heavy (non-hydrogen) atoms. The Balaban J connectivity index is 2.43. The van der Waals surface area contributed by atoms with Gasteiger partial charge in [-0.1, -0.05) is 13.3 Å². The molecule has 5 nitrogen and oxygen atoms in total. The van der Waals surface area contributed by atoms with Gasteiger partial charge in [0.05, 0.1) is 22.2 Å². The predicted molar refractivity (Wildman–Crippen MR) is 78.9 cm³/mol. The van der Waals surface area contributed by atoms with Gasteiger partial charge in [-0.2, -0.15) is 5.10 Å². The lowest BCUT2D eigenvalue weighted by atomic mass is 10.3. The van der Waals surface area contributed by atoms with Crippen molar-refractivity contribution in [1.29, 1.82) is 0 Å². The van der Waals surface area contributed by atoms with Crippen molar-refractivity contribution in [2.75, 3.05) is 7.11 Å². The highest BCUT2D eigenvalue weighted by Gasteiger charge is 2.17. The van der Waals surface area contributed by atoms with E-state index in [1.54, 1.807) is 18.4 Å². The fourth-order valence-corrected chi connectivity index (χ4v) is 3.04. The molecule has 0 atom stereocenters. The number of nitrogens with zero attached hydrogens (tertiary/aromatic N) is 3. The lowest BCUT2D eigenvalue weighted by Crippen LogP contribution is -2.01. The summed E-state index contributed by atoms with van der Waals surface area (Å²) in [4.78, 5) is 5.54. The van der Waals surface area contributed by atoms with E-state index in [-0.39, 0.29) is 0 Å². The summed E-state index contributed by atoms with van der Waals surface area (Å²) in [5.41, 5.74) is 0.928. The number of aryl methyl sites for hydroxylation is 1. The van der Waals surface area contributed by atoms with Crippen molar-refractivity contribution in [3.05, 3.63) is 15.5 Å². The second kappa shape index (κ2) is 6.40. The van der Waals surface area contributed by atoms with E-state index in [1.165, 1.54) is 0 Å². The maximum Gasteiger partial charge on any atom is 0.195 e. The number of H-pyrrole nitrogens is 1. The van der Waals surface area contributed by atoms with Crippen molar-refractivity contribution in [3.8, 4) is 10.7 Å². The number of rotatable bonds is 6. The van der Waals surface area contributed by atoms with E-state index < -0.39 is 0 Å². The van der Waals surface area contributed by atoms with Gasteiger partial charge in [-0.15, -0.1) is 11.3 Å². The van der Waals surface area contributed by atoms with E-state index in [4.69, 9.17) is 17.0 Å². The molecule has 2 heterocycles. The lowest BCUT2D eigenvalue weighted by Gasteiger charge is -2.05. The Bertz CT molecular complexity index is 599. The number of thiazole rings is 1. The van der Waals surface area contributed by atoms with Gasteiger partial charge >= 0.3 is 0 Å². The molecule has 0 aliphatic heterocycles. The second-order valence-electron chi connectivity index (χ2n) is 4.30. The summed E-state index contributed by atoms with van der Waals surface area (Å²) in [7, 11) is 1.67. The minimum Gasteiger partial charge on any atom is -0.378 e. The molecule has 0 saturated heterocycles. The van der Waals surface area contributed by atoms with Crippen LogP contribution in [0.5, 0.6) is 0 Å². The number of methoxy groups -OCH3 is 1. The van der Waals surface area contributed by atoms with E-state index in [1.807, 2.05) is 11.5 Å². The number of ether oxygens (including phenoxy) is 1. The molecule has 1 N–H and O–H groups in total. The summed E-state index contributed by atoms with van der Waals surface area (Å²) >= 11 is 6.93. The van der Waals surface area contributed by atoms with Gasteiger partial charge in [-0.25, -0.2) is 4.98 Å². The highest BCUT2D eigenvalue weighted by molar-refractivity contribution is 7.71. The van der Waals surface area contributed by atoms with Gasteiger partial charge in [-0.05, 0) is 25.6 Å². The zero-order valence-electron chi connectivity index (χ0n) is 11.4. The summed E-state index contributed by atoms with van der Waals surface area (Å²) < 4.78 is 7.91. The molecular weight excluding hydrogens is 280 g/mol. The Hall–Kier alpha value is -1.05. The van der Waals surface area contributed by atoms with Crippen molar-refractivity contribution in [1.82, 2.24) is 19.7 Å². The topological polar surface area (TPSA) is 55.7 Å². The van der Waals surface area contributed by atoms with Crippen LogP contribution in [0, 0.1) is 11.7 Å². The molecule has 0 spiro atoms. The van der Waals surface area contributed by atoms with Crippen LogP contribution in [-0.4, -0.2) is 26.9 Å². The van der Waals surface area contributed by atoms with Gasteiger partial charge < -0.3 is 4.74 Å². The molecule has 0 radical (unpaired) electrons. The maximum atomic E-state index is 5.30. The van der Waals surface area contributed by atoms with E-state index in [2.05, 4.69) is 22.1 Å². The Kier molecular flexibility index (Phi) is 4.84. The van der Waals surface area contributed by atoms with E-state index in [0.717, 1.165) is 40.8 Å². The molecule has 0 aliphatic rings. The zero-order valence-corrected chi connectivity index (χ0v) is 13.0. The highest BCUT2D eigenvalue weighted by atomic mass is 32.1. The summed E-state index contributed by atoms with van der Waals surface area (Å²) in [6.45, 7) is 5.53. The normalized spacial score (nSPS) is 11.1. The Morgan fingerprint density at radius 1 is 1.47 bits per heavy atom. The lowest BCUT2D eigenvalue weighted by molar-refractivity contribution is 0.182. The Labute approximate surface area is 121 Å². The molecule has 0 bridgehead atoms. The van der Waals surface area contributed by atoms with Gasteiger partial charge in [0.25, 0.3) is 0 Å². The maximum absolute atomic E-state index is 5.30. The van der Waals surface area contributed by atoms with Crippen LogP contribution in [0.2, 0.25) is 0 Å². The Morgan fingerprint density at radius 2 is 2.26 bits per heavy atom. The fraction of sp³-hybridized carbons (Fsp3) is 0.583. The molecule has 0 saturated carbocycles. The van der Waals surface area contributed by atoms with Gasteiger partial charge in [0.2, 0.25) is 0 Å². The third-order valence-electron chi connectivity index (χ3n) is 2.78. The first-order chi connectivity index (χ1) is 9.17. The molecule has 0 unspecified atom stereocenters. The SMILES string of the molecule is CCCCn1c(-c2sc(C)nc2COC)n[nH]c1=S. The molecular formula is C12H18N4OS2. The average Bonchev–Trinajstić information content (AvgIpc) is 2.91. The van der Waals surface area contributed by atoms with Crippen molar-refractivity contribution in [2.45, 2.75) is 39.8 Å². The number of hydrogen-bond donors (Lipinski definition) is 1. The van der Waals surface area contributed by atoms with Crippen LogP contribution in [0.15, 0.2) is 0 Å². The quantitative estimate of drug-likeness (QED) is 0.831. The first-order valence-electron chi connectivity index (χ1n) is 6.28. The van der Waals surface area contributed by atoms with Gasteiger partial charge in [0, 0.05) is 13.7 Å². The summed E-state index contributed by atoms with van der Waals surface area (Å²) in [5.74, 6) is 0.871. The summed E-state index contributed by atoms with van der Waals surface area (Å²) in [6, 6.07) is 0. The number of nitrogens with one attached hydrogen (secondary N) is 1. The Morgan fingerprint density at radius 3 is 2.95 bits per heavy atom. The van der Waals surface area contributed by atoms with Crippen LogP contribution in [0.1, 0.15) is 30.5 Å². The second-order valence-corrected chi connectivity index (χ2v) is 5.89. The molecule has 0 aromatic carbocycles. The molecule has 2 aromatic rings. The van der Waals surface area contributed by atoms with Crippen LogP contribution in [0.4, 0.5) is 0 Å². The predicted octanol–water partition coefficient (Wildman–Crippen LogP) is 3.32. The third-order valence-corrected chi connectivity index (χ3v) is 4.10. The van der Waals surface area contributed by atoms with Crippen molar-refractivity contribution in [2.24, 2.45) is 0 Å².